The zero-order chi connectivity index (χ0) is 13.8. The molecule has 0 atom stereocenters. The van der Waals surface area contributed by atoms with E-state index in [1.54, 1.807) is 12.3 Å². The zero-order valence-corrected chi connectivity index (χ0v) is 11.6. The number of pyridine rings is 1. The molecule has 0 aliphatic heterocycles. The highest BCUT2D eigenvalue weighted by Crippen LogP contribution is 2.16. The van der Waals surface area contributed by atoms with Crippen molar-refractivity contribution in [2.45, 2.75) is 13.8 Å². The average molecular weight is 272 g/mol. The summed E-state index contributed by atoms with van der Waals surface area (Å²) >= 11 is 5.88. The monoisotopic (exact) mass is 271 g/mol. The van der Waals surface area contributed by atoms with E-state index in [2.05, 4.69) is 4.98 Å². The highest BCUT2D eigenvalue weighted by Gasteiger charge is 2.03. The van der Waals surface area contributed by atoms with Crippen molar-refractivity contribution >= 4 is 33.3 Å². The van der Waals surface area contributed by atoms with E-state index >= 15 is 0 Å². The standard InChI is InChI=1S/C14H8ClNO.C2H6/c15-10-7-12-13(16-8-10)6-5-9-3-1-2-4-11(9)14(12)17;1-2/h1-8H;1-2H3. The maximum Gasteiger partial charge on any atom is 0.195 e. The van der Waals surface area contributed by atoms with Gasteiger partial charge < -0.3 is 0 Å². The first-order chi connectivity index (χ1) is 9.25. The van der Waals surface area contributed by atoms with Crippen molar-refractivity contribution in [2.24, 2.45) is 0 Å². The molecule has 0 spiro atoms. The lowest BCUT2D eigenvalue weighted by molar-refractivity contribution is 1.42. The Morgan fingerprint density at radius 3 is 2.53 bits per heavy atom. The minimum atomic E-state index is -0.0319. The summed E-state index contributed by atoms with van der Waals surface area (Å²) < 4.78 is 0. The van der Waals surface area contributed by atoms with Gasteiger partial charge >= 0.3 is 0 Å². The Morgan fingerprint density at radius 2 is 1.74 bits per heavy atom. The second-order valence-electron chi connectivity index (χ2n) is 3.84. The molecule has 0 aliphatic rings. The van der Waals surface area contributed by atoms with Crippen LogP contribution in [-0.2, 0) is 0 Å². The van der Waals surface area contributed by atoms with E-state index in [1.165, 1.54) is 0 Å². The van der Waals surface area contributed by atoms with E-state index in [-0.39, 0.29) is 5.43 Å². The number of rotatable bonds is 0. The van der Waals surface area contributed by atoms with Crippen molar-refractivity contribution in [3.63, 3.8) is 0 Å². The van der Waals surface area contributed by atoms with Gasteiger partial charge in [0, 0.05) is 17.0 Å². The van der Waals surface area contributed by atoms with Gasteiger partial charge in [-0.1, -0.05) is 55.8 Å². The summed E-state index contributed by atoms with van der Waals surface area (Å²) in [6, 6.07) is 12.9. The third kappa shape index (κ3) is 2.59. The number of hydrogen-bond acceptors (Lipinski definition) is 2. The second-order valence-corrected chi connectivity index (χ2v) is 4.27. The molecule has 96 valence electrons. The third-order valence-corrected chi connectivity index (χ3v) is 2.96. The molecular formula is C16H14ClNO. The van der Waals surface area contributed by atoms with Gasteiger partial charge in [-0.15, -0.1) is 0 Å². The largest absolute Gasteiger partial charge is 0.289 e. The topological polar surface area (TPSA) is 30.0 Å². The van der Waals surface area contributed by atoms with E-state index < -0.39 is 0 Å². The lowest BCUT2D eigenvalue weighted by atomic mass is 10.2. The summed E-state index contributed by atoms with van der Waals surface area (Å²) in [5.74, 6) is 0. The summed E-state index contributed by atoms with van der Waals surface area (Å²) in [7, 11) is 0. The van der Waals surface area contributed by atoms with E-state index in [1.807, 2.05) is 50.2 Å². The minimum Gasteiger partial charge on any atom is -0.289 e. The van der Waals surface area contributed by atoms with Crippen LogP contribution in [0.4, 0.5) is 0 Å². The van der Waals surface area contributed by atoms with Crippen LogP contribution in [0.5, 0.6) is 0 Å². The fourth-order valence-electron chi connectivity index (χ4n) is 1.93. The van der Waals surface area contributed by atoms with E-state index in [0.29, 0.717) is 21.3 Å². The summed E-state index contributed by atoms with van der Waals surface area (Å²) in [5.41, 5.74) is 0.631. The van der Waals surface area contributed by atoms with Gasteiger partial charge in [0.2, 0.25) is 0 Å². The van der Waals surface area contributed by atoms with Crippen molar-refractivity contribution in [1.29, 1.82) is 0 Å². The zero-order valence-electron chi connectivity index (χ0n) is 10.9. The fraction of sp³-hybridized carbons (Fsp3) is 0.125. The predicted octanol–water partition coefficient (Wildman–Crippen LogP) is 4.43. The first-order valence-electron chi connectivity index (χ1n) is 6.23. The van der Waals surface area contributed by atoms with Gasteiger partial charge in [-0.05, 0) is 17.5 Å². The molecule has 0 bridgehead atoms. The van der Waals surface area contributed by atoms with Crippen molar-refractivity contribution in [3.05, 3.63) is 63.9 Å². The van der Waals surface area contributed by atoms with Crippen LogP contribution in [0.15, 0.2) is 53.5 Å². The molecule has 0 aliphatic carbocycles. The van der Waals surface area contributed by atoms with Crippen LogP contribution in [-0.4, -0.2) is 4.98 Å². The number of benzene rings is 1. The lowest BCUT2D eigenvalue weighted by Gasteiger charge is -1.92. The van der Waals surface area contributed by atoms with Crippen molar-refractivity contribution in [2.75, 3.05) is 0 Å². The molecule has 19 heavy (non-hydrogen) atoms. The summed E-state index contributed by atoms with van der Waals surface area (Å²) in [5, 5.41) is 2.63. The molecule has 0 saturated heterocycles. The Morgan fingerprint density at radius 1 is 1.00 bits per heavy atom. The molecule has 0 unspecified atom stereocenters. The fourth-order valence-corrected chi connectivity index (χ4v) is 2.09. The number of nitrogens with zero attached hydrogens (tertiary/aromatic N) is 1. The Bertz CT molecular complexity index is 784. The third-order valence-electron chi connectivity index (χ3n) is 2.76. The molecule has 0 saturated carbocycles. The molecule has 0 amide bonds. The van der Waals surface area contributed by atoms with Gasteiger partial charge in [-0.25, -0.2) is 0 Å². The molecule has 0 N–H and O–H groups in total. The molecule has 3 aromatic rings. The first kappa shape index (κ1) is 13.5. The Hall–Kier alpha value is -1.93. The van der Waals surface area contributed by atoms with Crippen LogP contribution in [0.1, 0.15) is 13.8 Å². The highest BCUT2D eigenvalue weighted by atomic mass is 35.5. The maximum atomic E-state index is 12.3. The molecule has 2 nitrogen and oxygen atoms in total. The first-order valence-corrected chi connectivity index (χ1v) is 6.61. The van der Waals surface area contributed by atoms with Crippen LogP contribution in [0, 0.1) is 0 Å². The highest BCUT2D eigenvalue weighted by molar-refractivity contribution is 6.31. The molecule has 0 fully saturated rings. The predicted molar refractivity (Wildman–Crippen MR) is 81.9 cm³/mol. The van der Waals surface area contributed by atoms with Gasteiger partial charge in [0.25, 0.3) is 0 Å². The molecule has 1 heterocycles. The van der Waals surface area contributed by atoms with Crippen LogP contribution in [0.25, 0.3) is 21.7 Å². The lowest BCUT2D eigenvalue weighted by Crippen LogP contribution is -1.98. The summed E-state index contributed by atoms with van der Waals surface area (Å²) in [6.45, 7) is 4.00. The molecule has 3 heteroatoms. The van der Waals surface area contributed by atoms with Crippen molar-refractivity contribution in [3.8, 4) is 0 Å². The number of aromatic nitrogens is 1. The van der Waals surface area contributed by atoms with Crippen molar-refractivity contribution < 1.29 is 0 Å². The van der Waals surface area contributed by atoms with Gasteiger partial charge in [-0.2, -0.15) is 0 Å². The van der Waals surface area contributed by atoms with E-state index in [9.17, 15) is 4.79 Å². The minimum absolute atomic E-state index is 0.0319. The average Bonchev–Trinajstić information content (AvgIpc) is 2.60. The van der Waals surface area contributed by atoms with Gasteiger partial charge in [-0.3, -0.25) is 9.78 Å². The van der Waals surface area contributed by atoms with Crippen LogP contribution in [0.3, 0.4) is 0 Å². The van der Waals surface area contributed by atoms with Crippen LogP contribution in [0.2, 0.25) is 5.02 Å². The number of hydrogen-bond donors (Lipinski definition) is 0. The van der Waals surface area contributed by atoms with Crippen LogP contribution < -0.4 is 5.43 Å². The maximum absolute atomic E-state index is 12.3. The van der Waals surface area contributed by atoms with Gasteiger partial charge in [0.1, 0.15) is 0 Å². The van der Waals surface area contributed by atoms with Crippen molar-refractivity contribution in [1.82, 2.24) is 4.98 Å². The Balaban J connectivity index is 0.000000637. The molecule has 1 aromatic heterocycles. The smallest absolute Gasteiger partial charge is 0.195 e. The second kappa shape index (κ2) is 5.81. The normalized spacial score (nSPS) is 10.1. The quantitative estimate of drug-likeness (QED) is 0.605. The molecule has 0 radical (unpaired) electrons. The van der Waals surface area contributed by atoms with Gasteiger partial charge in [0.15, 0.2) is 5.43 Å². The molecule has 3 rings (SSSR count). The number of halogens is 1. The number of fused-ring (bicyclic) bond motifs is 2. The van der Waals surface area contributed by atoms with Gasteiger partial charge in [0.05, 0.1) is 10.5 Å². The molecule has 2 aromatic carbocycles. The Kier molecular flexibility index (Phi) is 4.13. The van der Waals surface area contributed by atoms with E-state index in [0.717, 1.165) is 5.39 Å². The summed E-state index contributed by atoms with van der Waals surface area (Å²) in [6.07, 6.45) is 1.55. The van der Waals surface area contributed by atoms with Crippen LogP contribution >= 0.6 is 11.6 Å². The van der Waals surface area contributed by atoms with E-state index in [4.69, 9.17) is 11.6 Å². The molecular weight excluding hydrogens is 258 g/mol. The summed E-state index contributed by atoms with van der Waals surface area (Å²) in [4.78, 5) is 16.5. The SMILES string of the molecule is CC.O=c1c2ccccc2ccc2ncc(Cl)cc12. The Labute approximate surface area is 116 Å².